The predicted molar refractivity (Wildman–Crippen MR) is 75.9 cm³/mol. The maximum Gasteiger partial charge on any atom is 0.156 e. The second-order valence-electron chi connectivity index (χ2n) is 4.23. The summed E-state index contributed by atoms with van der Waals surface area (Å²) in [4.78, 5) is 4.12. The number of nitrogens with one attached hydrogen (secondary N) is 1. The average molecular weight is 275 g/mol. The first kappa shape index (κ1) is 13.4. The lowest BCUT2D eigenvalue weighted by molar-refractivity contribution is 0.640. The quantitative estimate of drug-likeness (QED) is 0.906. The molecular formula is C14H15ClN4. The second-order valence-corrected chi connectivity index (χ2v) is 4.66. The van der Waals surface area contributed by atoms with Crippen LogP contribution in [0, 0.1) is 11.3 Å². The van der Waals surface area contributed by atoms with E-state index in [1.165, 1.54) is 0 Å². The fourth-order valence-corrected chi connectivity index (χ4v) is 2.01. The Morgan fingerprint density at radius 1 is 1.42 bits per heavy atom. The normalized spacial score (nSPS) is 11.8. The van der Waals surface area contributed by atoms with E-state index < -0.39 is 6.04 Å². The van der Waals surface area contributed by atoms with Gasteiger partial charge in [0.2, 0.25) is 0 Å². The minimum Gasteiger partial charge on any atom is -0.365 e. The zero-order valence-corrected chi connectivity index (χ0v) is 11.4. The molecular weight excluding hydrogens is 260 g/mol. The van der Waals surface area contributed by atoms with E-state index in [0.717, 1.165) is 24.3 Å². The van der Waals surface area contributed by atoms with Crippen molar-refractivity contribution in [2.75, 3.05) is 5.32 Å². The van der Waals surface area contributed by atoms with Gasteiger partial charge in [0.1, 0.15) is 0 Å². The summed E-state index contributed by atoms with van der Waals surface area (Å²) in [6.07, 6.45) is 4.49. The van der Waals surface area contributed by atoms with E-state index in [9.17, 15) is 5.26 Å². The standard InChI is InChI=1S/C14H15ClN4/c1-2-7-19-10-17-9-14(19)13(8-16)18-12-5-3-11(15)4-6-12/h3-6,9-10,13,18H,2,7H2,1H3. The summed E-state index contributed by atoms with van der Waals surface area (Å²) in [5.41, 5.74) is 1.74. The molecule has 0 amide bonds. The predicted octanol–water partition coefficient (Wildman–Crippen LogP) is 3.62. The van der Waals surface area contributed by atoms with Crippen LogP contribution in [0.3, 0.4) is 0 Å². The van der Waals surface area contributed by atoms with Crippen molar-refractivity contribution in [3.63, 3.8) is 0 Å². The Morgan fingerprint density at radius 2 is 2.16 bits per heavy atom. The molecule has 0 aliphatic heterocycles. The van der Waals surface area contributed by atoms with Crippen LogP contribution < -0.4 is 5.32 Å². The fraction of sp³-hybridized carbons (Fsp3) is 0.286. The summed E-state index contributed by atoms with van der Waals surface area (Å²) in [7, 11) is 0. The third-order valence-electron chi connectivity index (χ3n) is 2.79. The number of aryl methyl sites for hydroxylation is 1. The first-order valence-electron chi connectivity index (χ1n) is 6.16. The van der Waals surface area contributed by atoms with E-state index in [1.807, 2.05) is 16.7 Å². The largest absolute Gasteiger partial charge is 0.365 e. The number of anilines is 1. The van der Waals surface area contributed by atoms with Gasteiger partial charge in [-0.25, -0.2) is 4.98 Å². The van der Waals surface area contributed by atoms with Crippen LogP contribution in [-0.4, -0.2) is 9.55 Å². The van der Waals surface area contributed by atoms with Crippen molar-refractivity contribution in [2.24, 2.45) is 0 Å². The molecule has 1 aromatic carbocycles. The van der Waals surface area contributed by atoms with Crippen molar-refractivity contribution < 1.29 is 0 Å². The monoisotopic (exact) mass is 274 g/mol. The van der Waals surface area contributed by atoms with Gasteiger partial charge in [0.05, 0.1) is 24.3 Å². The van der Waals surface area contributed by atoms with Gasteiger partial charge in [-0.1, -0.05) is 18.5 Å². The highest BCUT2D eigenvalue weighted by molar-refractivity contribution is 6.30. The first-order valence-corrected chi connectivity index (χ1v) is 6.54. The number of nitrogens with zero attached hydrogens (tertiary/aromatic N) is 3. The van der Waals surface area contributed by atoms with Gasteiger partial charge in [-0.3, -0.25) is 0 Å². The van der Waals surface area contributed by atoms with Crippen LogP contribution in [0.25, 0.3) is 0 Å². The van der Waals surface area contributed by atoms with Gasteiger partial charge in [0.15, 0.2) is 6.04 Å². The molecule has 0 spiro atoms. The summed E-state index contributed by atoms with van der Waals surface area (Å²) >= 11 is 5.84. The van der Waals surface area contributed by atoms with E-state index in [1.54, 1.807) is 24.7 Å². The van der Waals surface area contributed by atoms with Crippen LogP contribution in [0.1, 0.15) is 25.1 Å². The van der Waals surface area contributed by atoms with Gasteiger partial charge < -0.3 is 9.88 Å². The molecule has 4 nitrogen and oxygen atoms in total. The zero-order valence-electron chi connectivity index (χ0n) is 10.7. The summed E-state index contributed by atoms with van der Waals surface area (Å²) in [6.45, 7) is 2.95. The third-order valence-corrected chi connectivity index (χ3v) is 3.04. The number of aromatic nitrogens is 2. The van der Waals surface area contributed by atoms with Crippen LogP contribution in [-0.2, 0) is 6.54 Å². The number of halogens is 1. The van der Waals surface area contributed by atoms with E-state index >= 15 is 0 Å². The lowest BCUT2D eigenvalue weighted by Crippen LogP contribution is -2.13. The maximum absolute atomic E-state index is 9.33. The van der Waals surface area contributed by atoms with E-state index in [0.29, 0.717) is 5.02 Å². The highest BCUT2D eigenvalue weighted by atomic mass is 35.5. The highest BCUT2D eigenvalue weighted by Gasteiger charge is 2.14. The van der Waals surface area contributed by atoms with Crippen molar-refractivity contribution in [3.05, 3.63) is 47.5 Å². The molecule has 0 aliphatic rings. The number of imidazole rings is 1. The van der Waals surface area contributed by atoms with E-state index in [-0.39, 0.29) is 0 Å². The van der Waals surface area contributed by atoms with Gasteiger partial charge in [-0.2, -0.15) is 5.26 Å². The number of benzene rings is 1. The van der Waals surface area contributed by atoms with Gasteiger partial charge in [-0.05, 0) is 30.7 Å². The molecule has 19 heavy (non-hydrogen) atoms. The SMILES string of the molecule is CCCn1cncc1C(C#N)Nc1ccc(Cl)cc1. The van der Waals surface area contributed by atoms with Gasteiger partial charge >= 0.3 is 0 Å². The molecule has 1 atom stereocenters. The smallest absolute Gasteiger partial charge is 0.156 e. The topological polar surface area (TPSA) is 53.6 Å². The molecule has 1 N–H and O–H groups in total. The van der Waals surface area contributed by atoms with Gasteiger partial charge in [0, 0.05) is 17.3 Å². The molecule has 0 saturated carbocycles. The summed E-state index contributed by atoms with van der Waals surface area (Å²) in [5.74, 6) is 0. The van der Waals surface area contributed by atoms with Crippen LogP contribution in [0.2, 0.25) is 5.02 Å². The highest BCUT2D eigenvalue weighted by Crippen LogP contribution is 2.20. The van der Waals surface area contributed by atoms with E-state index in [4.69, 9.17) is 11.6 Å². The Bertz CT molecular complexity index is 568. The lowest BCUT2D eigenvalue weighted by atomic mass is 10.2. The first-order chi connectivity index (χ1) is 9.24. The number of rotatable bonds is 5. The fourth-order valence-electron chi connectivity index (χ4n) is 1.88. The molecule has 1 heterocycles. The minimum absolute atomic E-state index is 0.421. The number of nitriles is 1. The third kappa shape index (κ3) is 3.27. The molecule has 1 aromatic heterocycles. The van der Waals surface area contributed by atoms with Crippen LogP contribution in [0.15, 0.2) is 36.8 Å². The summed E-state index contributed by atoms with van der Waals surface area (Å²) in [6, 6.07) is 9.14. The Labute approximate surface area is 117 Å². The van der Waals surface area contributed by atoms with Crippen molar-refractivity contribution in [3.8, 4) is 6.07 Å². The van der Waals surface area contributed by atoms with E-state index in [2.05, 4.69) is 23.3 Å². The molecule has 0 fully saturated rings. The van der Waals surface area contributed by atoms with Gasteiger partial charge in [0.25, 0.3) is 0 Å². The second kappa shape index (κ2) is 6.26. The molecule has 1 unspecified atom stereocenters. The lowest BCUT2D eigenvalue weighted by Gasteiger charge is -2.15. The molecule has 0 radical (unpaired) electrons. The van der Waals surface area contributed by atoms with Crippen LogP contribution in [0.5, 0.6) is 0 Å². The number of hydrogen-bond donors (Lipinski definition) is 1. The Hall–Kier alpha value is -1.99. The summed E-state index contributed by atoms with van der Waals surface area (Å²) in [5, 5.41) is 13.2. The zero-order chi connectivity index (χ0) is 13.7. The summed E-state index contributed by atoms with van der Waals surface area (Å²) < 4.78 is 2.00. The Morgan fingerprint density at radius 3 is 2.79 bits per heavy atom. The molecule has 5 heteroatoms. The van der Waals surface area contributed by atoms with Crippen LogP contribution in [0.4, 0.5) is 5.69 Å². The average Bonchev–Trinajstić information content (AvgIpc) is 2.87. The molecule has 2 aromatic rings. The molecule has 98 valence electrons. The molecule has 2 rings (SSSR count). The van der Waals surface area contributed by atoms with Crippen molar-refractivity contribution in [2.45, 2.75) is 25.9 Å². The van der Waals surface area contributed by atoms with Gasteiger partial charge in [-0.15, -0.1) is 0 Å². The van der Waals surface area contributed by atoms with Crippen molar-refractivity contribution in [1.82, 2.24) is 9.55 Å². The number of hydrogen-bond acceptors (Lipinski definition) is 3. The molecule has 0 saturated heterocycles. The molecule has 0 aliphatic carbocycles. The van der Waals surface area contributed by atoms with Crippen molar-refractivity contribution in [1.29, 1.82) is 5.26 Å². The Kier molecular flexibility index (Phi) is 4.43. The van der Waals surface area contributed by atoms with Crippen LogP contribution >= 0.6 is 11.6 Å². The Balaban J connectivity index is 2.18. The molecule has 0 bridgehead atoms. The minimum atomic E-state index is -0.421. The maximum atomic E-state index is 9.33. The van der Waals surface area contributed by atoms with Crippen molar-refractivity contribution >= 4 is 17.3 Å².